The third-order valence-electron chi connectivity index (χ3n) is 4.40. The molecule has 0 aromatic rings. The van der Waals surface area contributed by atoms with Crippen molar-refractivity contribution in [3.05, 3.63) is 0 Å². The van der Waals surface area contributed by atoms with E-state index >= 15 is 0 Å². The van der Waals surface area contributed by atoms with Gasteiger partial charge in [-0.25, -0.2) is 0 Å². The molecule has 0 radical (unpaired) electrons. The monoisotopic (exact) mass is 254 g/mol. The van der Waals surface area contributed by atoms with Crippen LogP contribution in [0.2, 0.25) is 0 Å². The number of hydrogen-bond acceptors (Lipinski definition) is 3. The van der Waals surface area contributed by atoms with E-state index in [2.05, 4.69) is 19.0 Å². The van der Waals surface area contributed by atoms with Crippen LogP contribution in [0.5, 0.6) is 0 Å². The highest BCUT2D eigenvalue weighted by Gasteiger charge is 2.44. The topological polar surface area (TPSA) is 67.8 Å². The number of ether oxygens (including phenoxy) is 1. The van der Waals surface area contributed by atoms with E-state index in [1.54, 1.807) is 0 Å². The van der Waals surface area contributed by atoms with Crippen LogP contribution in [0.4, 0.5) is 0 Å². The van der Waals surface area contributed by atoms with E-state index in [1.807, 2.05) is 0 Å². The summed E-state index contributed by atoms with van der Waals surface area (Å²) in [6.45, 7) is 5.40. The minimum atomic E-state index is 0.167. The Morgan fingerprint density at radius 2 is 1.89 bits per heavy atom. The maximum absolute atomic E-state index is 8.63. The summed E-state index contributed by atoms with van der Waals surface area (Å²) in [5.41, 5.74) is 5.76. The molecule has 2 rings (SSSR count). The molecule has 2 unspecified atom stereocenters. The third-order valence-corrected chi connectivity index (χ3v) is 4.40. The maximum atomic E-state index is 8.63. The first-order valence-electron chi connectivity index (χ1n) is 7.11. The fourth-order valence-electron chi connectivity index (χ4n) is 3.27. The fraction of sp³-hybridized carbons (Fsp3) is 0.929. The van der Waals surface area contributed by atoms with Crippen LogP contribution in [-0.2, 0) is 4.74 Å². The van der Waals surface area contributed by atoms with Crippen LogP contribution in [0.3, 0.4) is 0 Å². The molecule has 104 valence electrons. The summed E-state index contributed by atoms with van der Waals surface area (Å²) in [6.07, 6.45) is 7.06. The van der Waals surface area contributed by atoms with Gasteiger partial charge in [0.2, 0.25) is 0 Å². The Labute approximate surface area is 110 Å². The highest BCUT2D eigenvalue weighted by molar-refractivity contribution is 5.80. The van der Waals surface area contributed by atoms with Crippen LogP contribution in [0, 0.1) is 17.3 Å². The van der Waals surface area contributed by atoms with Crippen LogP contribution in [0.1, 0.15) is 52.4 Å². The molecule has 4 heteroatoms. The molecule has 0 aliphatic heterocycles. The molecular weight excluding hydrogens is 228 g/mol. The van der Waals surface area contributed by atoms with Crippen LogP contribution in [0.15, 0.2) is 5.16 Å². The molecule has 0 amide bonds. The molecule has 2 saturated carbocycles. The van der Waals surface area contributed by atoms with Gasteiger partial charge in [0.15, 0.2) is 0 Å². The molecule has 0 aromatic heterocycles. The summed E-state index contributed by atoms with van der Waals surface area (Å²) >= 11 is 0. The first-order chi connectivity index (χ1) is 8.53. The van der Waals surface area contributed by atoms with Crippen molar-refractivity contribution in [1.29, 1.82) is 0 Å². The van der Waals surface area contributed by atoms with Gasteiger partial charge < -0.3 is 15.7 Å². The van der Waals surface area contributed by atoms with Crippen LogP contribution < -0.4 is 5.73 Å². The molecule has 0 saturated heterocycles. The van der Waals surface area contributed by atoms with Crippen molar-refractivity contribution in [2.45, 2.75) is 58.5 Å². The van der Waals surface area contributed by atoms with Gasteiger partial charge in [-0.15, -0.1) is 0 Å². The van der Waals surface area contributed by atoms with E-state index in [0.717, 1.165) is 31.3 Å². The molecule has 0 aromatic carbocycles. The lowest BCUT2D eigenvalue weighted by molar-refractivity contribution is -0.0197. The molecule has 2 aliphatic rings. The summed E-state index contributed by atoms with van der Waals surface area (Å²) in [5.74, 6) is 1.89. The standard InChI is InChI=1S/C14H26N2O2/c1-10-5-11(2)7-12(6-10)18-9-14(3-4-14)8-13(15)16-17/h10-12,17H,3-9H2,1-2H3,(H2,15,16). The minimum absolute atomic E-state index is 0.167. The second-order valence-corrected chi connectivity index (χ2v) is 6.62. The van der Waals surface area contributed by atoms with Crippen LogP contribution >= 0.6 is 0 Å². The van der Waals surface area contributed by atoms with E-state index in [4.69, 9.17) is 15.7 Å². The van der Waals surface area contributed by atoms with Crippen molar-refractivity contribution >= 4 is 5.84 Å². The Morgan fingerprint density at radius 1 is 1.28 bits per heavy atom. The lowest BCUT2D eigenvalue weighted by atomic mass is 9.82. The SMILES string of the molecule is CC1CC(C)CC(OCC2(CC(N)=NO)CC2)C1. The average Bonchev–Trinajstić information content (AvgIpc) is 3.05. The first-order valence-corrected chi connectivity index (χ1v) is 7.11. The summed E-state index contributed by atoms with van der Waals surface area (Å²) in [7, 11) is 0. The van der Waals surface area contributed by atoms with Gasteiger partial charge in [0.25, 0.3) is 0 Å². The molecule has 0 bridgehead atoms. The Kier molecular flexibility index (Phi) is 4.15. The van der Waals surface area contributed by atoms with Gasteiger partial charge in [-0.2, -0.15) is 0 Å². The average molecular weight is 254 g/mol. The van der Waals surface area contributed by atoms with Crippen LogP contribution in [-0.4, -0.2) is 23.8 Å². The molecule has 4 nitrogen and oxygen atoms in total. The molecular formula is C14H26N2O2. The third kappa shape index (κ3) is 3.61. The first kappa shape index (κ1) is 13.7. The van der Waals surface area contributed by atoms with Crippen molar-refractivity contribution in [3.8, 4) is 0 Å². The zero-order valence-corrected chi connectivity index (χ0v) is 11.6. The molecule has 0 heterocycles. The Hall–Kier alpha value is -0.770. The van der Waals surface area contributed by atoms with Crippen molar-refractivity contribution in [3.63, 3.8) is 0 Å². The van der Waals surface area contributed by atoms with Crippen molar-refractivity contribution in [2.24, 2.45) is 28.1 Å². The van der Waals surface area contributed by atoms with Gasteiger partial charge in [0.1, 0.15) is 5.84 Å². The lowest BCUT2D eigenvalue weighted by Crippen LogP contribution is -2.29. The van der Waals surface area contributed by atoms with Gasteiger partial charge in [0, 0.05) is 11.8 Å². The van der Waals surface area contributed by atoms with Crippen LogP contribution in [0.25, 0.3) is 0 Å². The summed E-state index contributed by atoms with van der Waals surface area (Å²) in [5, 5.41) is 11.7. The summed E-state index contributed by atoms with van der Waals surface area (Å²) < 4.78 is 6.10. The molecule has 3 N–H and O–H groups in total. The smallest absolute Gasteiger partial charge is 0.139 e. The van der Waals surface area contributed by atoms with Gasteiger partial charge in [-0.1, -0.05) is 19.0 Å². The highest BCUT2D eigenvalue weighted by atomic mass is 16.5. The van der Waals surface area contributed by atoms with E-state index in [-0.39, 0.29) is 5.41 Å². The number of hydrogen-bond donors (Lipinski definition) is 2. The maximum Gasteiger partial charge on any atom is 0.139 e. The lowest BCUT2D eigenvalue weighted by Gasteiger charge is -2.32. The Bertz CT molecular complexity index is 303. The predicted molar refractivity (Wildman–Crippen MR) is 71.6 cm³/mol. The zero-order chi connectivity index (χ0) is 13.2. The number of nitrogens with zero attached hydrogens (tertiary/aromatic N) is 1. The van der Waals surface area contributed by atoms with Gasteiger partial charge in [-0.05, 0) is 43.9 Å². The minimum Gasteiger partial charge on any atom is -0.409 e. The number of nitrogens with two attached hydrogens (primary N) is 1. The Balaban J connectivity index is 1.77. The van der Waals surface area contributed by atoms with E-state index in [0.29, 0.717) is 18.4 Å². The largest absolute Gasteiger partial charge is 0.409 e. The van der Waals surface area contributed by atoms with E-state index in [1.165, 1.54) is 19.3 Å². The van der Waals surface area contributed by atoms with Crippen molar-refractivity contribution in [2.75, 3.05) is 6.61 Å². The highest BCUT2D eigenvalue weighted by Crippen LogP contribution is 2.49. The quantitative estimate of drug-likeness (QED) is 0.343. The van der Waals surface area contributed by atoms with Gasteiger partial charge in [-0.3, -0.25) is 0 Å². The Morgan fingerprint density at radius 3 is 2.39 bits per heavy atom. The van der Waals surface area contributed by atoms with Gasteiger partial charge >= 0.3 is 0 Å². The zero-order valence-electron chi connectivity index (χ0n) is 11.6. The molecule has 0 spiro atoms. The number of amidine groups is 1. The van der Waals surface area contributed by atoms with E-state index in [9.17, 15) is 0 Å². The summed E-state index contributed by atoms with van der Waals surface area (Å²) in [6, 6.07) is 0. The molecule has 2 aliphatic carbocycles. The second-order valence-electron chi connectivity index (χ2n) is 6.62. The van der Waals surface area contributed by atoms with E-state index < -0.39 is 0 Å². The normalized spacial score (nSPS) is 35.4. The number of oxime groups is 1. The summed E-state index contributed by atoms with van der Waals surface area (Å²) in [4.78, 5) is 0. The van der Waals surface area contributed by atoms with Crippen molar-refractivity contribution < 1.29 is 9.94 Å². The van der Waals surface area contributed by atoms with Crippen molar-refractivity contribution in [1.82, 2.24) is 0 Å². The predicted octanol–water partition coefficient (Wildman–Crippen LogP) is 2.74. The molecule has 2 fully saturated rings. The molecule has 2 atom stereocenters. The molecule has 18 heavy (non-hydrogen) atoms. The van der Waals surface area contributed by atoms with Gasteiger partial charge in [0.05, 0.1) is 12.7 Å². The second kappa shape index (κ2) is 5.47. The number of rotatable bonds is 5. The fourth-order valence-corrected chi connectivity index (χ4v) is 3.27.